The lowest BCUT2D eigenvalue weighted by atomic mass is 10.1. The molecule has 0 radical (unpaired) electrons. The summed E-state index contributed by atoms with van der Waals surface area (Å²) < 4.78 is 4.78. The number of aryl methyl sites for hydroxylation is 1. The molecule has 9 heteroatoms. The molecule has 7 nitrogen and oxygen atoms in total. The number of rotatable bonds is 4. The predicted octanol–water partition coefficient (Wildman–Crippen LogP) is 3.88. The van der Waals surface area contributed by atoms with Crippen LogP contribution in [0.5, 0.6) is 0 Å². The van der Waals surface area contributed by atoms with E-state index >= 15 is 0 Å². The summed E-state index contributed by atoms with van der Waals surface area (Å²) in [5.41, 5.74) is 1.08. The fraction of sp³-hybridized carbons (Fsp3) is 0.125. The Balaban J connectivity index is 2.18. The Labute approximate surface area is 151 Å². The standard InChI is InChI=1S/C16H12ClN3O4S/c1-7-10-12(18-9-6-4-3-5-8(9)14(21)22)19-16(17)20-13(10)25-11(7)15(23)24-2/h3-6H,1-2H3,(H,21,22)(H,18,19,20). The number of ether oxygens (including phenoxy) is 1. The van der Waals surface area contributed by atoms with Gasteiger partial charge in [0.1, 0.15) is 15.5 Å². The van der Waals surface area contributed by atoms with Crippen molar-refractivity contribution in [2.45, 2.75) is 6.92 Å². The molecule has 0 aliphatic rings. The molecule has 0 saturated heterocycles. The van der Waals surface area contributed by atoms with E-state index in [4.69, 9.17) is 16.3 Å². The van der Waals surface area contributed by atoms with E-state index in [-0.39, 0.29) is 10.8 Å². The van der Waals surface area contributed by atoms with Crippen molar-refractivity contribution in [3.05, 3.63) is 45.6 Å². The fourth-order valence-corrected chi connectivity index (χ4v) is 3.72. The summed E-state index contributed by atoms with van der Waals surface area (Å²) in [5, 5.41) is 12.9. The zero-order valence-electron chi connectivity index (χ0n) is 13.2. The first-order chi connectivity index (χ1) is 11.9. The number of methoxy groups -OCH3 is 1. The minimum atomic E-state index is -1.07. The molecular weight excluding hydrogens is 366 g/mol. The van der Waals surface area contributed by atoms with Gasteiger partial charge >= 0.3 is 11.9 Å². The van der Waals surface area contributed by atoms with Gasteiger partial charge in [0.15, 0.2) is 0 Å². The third-order valence-corrected chi connectivity index (χ3v) is 4.88. The molecule has 0 aliphatic heterocycles. The molecule has 0 amide bonds. The molecule has 2 heterocycles. The van der Waals surface area contributed by atoms with Crippen LogP contribution in [-0.4, -0.2) is 34.1 Å². The summed E-state index contributed by atoms with van der Waals surface area (Å²) in [4.78, 5) is 32.5. The average molecular weight is 378 g/mol. The van der Waals surface area contributed by atoms with Crippen molar-refractivity contribution in [2.24, 2.45) is 0 Å². The Bertz CT molecular complexity index is 1000. The average Bonchev–Trinajstić information content (AvgIpc) is 2.91. The molecule has 0 fully saturated rings. The largest absolute Gasteiger partial charge is 0.478 e. The molecular formula is C16H12ClN3O4S. The first-order valence-electron chi connectivity index (χ1n) is 7.06. The molecule has 0 atom stereocenters. The maximum atomic E-state index is 11.9. The maximum Gasteiger partial charge on any atom is 0.348 e. The van der Waals surface area contributed by atoms with Gasteiger partial charge in [-0.3, -0.25) is 0 Å². The zero-order valence-corrected chi connectivity index (χ0v) is 14.7. The van der Waals surface area contributed by atoms with Crippen molar-refractivity contribution < 1.29 is 19.4 Å². The number of aromatic nitrogens is 2. The Hall–Kier alpha value is -2.71. The minimum absolute atomic E-state index is 0.0135. The van der Waals surface area contributed by atoms with E-state index in [1.54, 1.807) is 25.1 Å². The van der Waals surface area contributed by atoms with Crippen LogP contribution in [0, 0.1) is 6.92 Å². The molecule has 0 bridgehead atoms. The number of benzene rings is 1. The summed E-state index contributed by atoms with van der Waals surface area (Å²) in [6, 6.07) is 6.43. The molecule has 2 N–H and O–H groups in total. The van der Waals surface area contributed by atoms with E-state index in [1.807, 2.05) is 0 Å². The lowest BCUT2D eigenvalue weighted by molar-refractivity contribution is 0.0604. The minimum Gasteiger partial charge on any atom is -0.478 e. The van der Waals surface area contributed by atoms with E-state index in [1.165, 1.54) is 13.2 Å². The smallest absolute Gasteiger partial charge is 0.348 e. The number of anilines is 2. The van der Waals surface area contributed by atoms with Gasteiger partial charge in [-0.2, -0.15) is 4.98 Å². The molecule has 3 aromatic rings. The lowest BCUT2D eigenvalue weighted by Gasteiger charge is -2.10. The van der Waals surface area contributed by atoms with Crippen LogP contribution in [0.4, 0.5) is 11.5 Å². The number of nitrogens with zero attached hydrogens (tertiary/aromatic N) is 2. The quantitative estimate of drug-likeness (QED) is 0.525. The van der Waals surface area contributed by atoms with E-state index in [9.17, 15) is 14.7 Å². The van der Waals surface area contributed by atoms with Crippen LogP contribution in [0.25, 0.3) is 10.2 Å². The number of halogens is 1. The number of thiophene rings is 1. The normalized spacial score (nSPS) is 10.7. The first-order valence-corrected chi connectivity index (χ1v) is 8.26. The highest BCUT2D eigenvalue weighted by atomic mass is 35.5. The van der Waals surface area contributed by atoms with Crippen molar-refractivity contribution in [2.75, 3.05) is 12.4 Å². The highest BCUT2D eigenvalue weighted by molar-refractivity contribution is 7.20. The number of para-hydroxylation sites is 1. The van der Waals surface area contributed by atoms with Crippen LogP contribution in [0.2, 0.25) is 5.28 Å². The highest BCUT2D eigenvalue weighted by Gasteiger charge is 2.21. The number of aromatic carboxylic acids is 1. The number of carbonyl (C=O) groups is 2. The van der Waals surface area contributed by atoms with E-state index in [2.05, 4.69) is 15.3 Å². The van der Waals surface area contributed by atoms with Gasteiger partial charge in [0.25, 0.3) is 0 Å². The SMILES string of the molecule is COC(=O)c1sc2nc(Cl)nc(Nc3ccccc3C(=O)O)c2c1C. The fourth-order valence-electron chi connectivity index (χ4n) is 2.40. The Kier molecular flexibility index (Phi) is 4.56. The number of esters is 1. The van der Waals surface area contributed by atoms with Gasteiger partial charge in [-0.1, -0.05) is 12.1 Å². The molecule has 0 saturated carbocycles. The van der Waals surface area contributed by atoms with Crippen molar-refractivity contribution >= 4 is 56.6 Å². The Morgan fingerprint density at radius 1 is 1.28 bits per heavy atom. The molecule has 25 heavy (non-hydrogen) atoms. The van der Waals surface area contributed by atoms with Crippen molar-refractivity contribution in [3.8, 4) is 0 Å². The van der Waals surface area contributed by atoms with Gasteiger partial charge in [0.2, 0.25) is 5.28 Å². The lowest BCUT2D eigenvalue weighted by Crippen LogP contribution is -2.04. The summed E-state index contributed by atoms with van der Waals surface area (Å²) in [6.07, 6.45) is 0. The van der Waals surface area contributed by atoms with Crippen LogP contribution in [0.1, 0.15) is 25.6 Å². The number of carbonyl (C=O) groups excluding carboxylic acids is 1. The van der Waals surface area contributed by atoms with E-state index in [0.717, 1.165) is 11.3 Å². The van der Waals surface area contributed by atoms with Crippen LogP contribution >= 0.6 is 22.9 Å². The van der Waals surface area contributed by atoms with Gasteiger partial charge in [-0.15, -0.1) is 11.3 Å². The van der Waals surface area contributed by atoms with Gasteiger partial charge in [0.05, 0.1) is 23.7 Å². The monoisotopic (exact) mass is 377 g/mol. The number of hydrogen-bond donors (Lipinski definition) is 2. The second-order valence-electron chi connectivity index (χ2n) is 5.04. The number of nitrogens with one attached hydrogen (secondary N) is 1. The Morgan fingerprint density at radius 2 is 2.00 bits per heavy atom. The van der Waals surface area contributed by atoms with E-state index < -0.39 is 11.9 Å². The predicted molar refractivity (Wildman–Crippen MR) is 95.2 cm³/mol. The maximum absolute atomic E-state index is 11.9. The molecule has 1 aromatic carbocycles. The van der Waals surface area contributed by atoms with Gasteiger partial charge in [0, 0.05) is 0 Å². The van der Waals surface area contributed by atoms with Crippen molar-refractivity contribution in [1.29, 1.82) is 0 Å². The summed E-state index contributed by atoms with van der Waals surface area (Å²) in [6.45, 7) is 1.75. The number of carboxylic acids is 1. The first kappa shape index (κ1) is 17.1. The number of hydrogen-bond acceptors (Lipinski definition) is 7. The third-order valence-electron chi connectivity index (χ3n) is 3.54. The third kappa shape index (κ3) is 3.13. The second kappa shape index (κ2) is 6.66. The summed E-state index contributed by atoms with van der Waals surface area (Å²) >= 11 is 7.12. The summed E-state index contributed by atoms with van der Waals surface area (Å²) in [7, 11) is 1.30. The van der Waals surface area contributed by atoms with Crippen LogP contribution in [-0.2, 0) is 4.74 Å². The van der Waals surface area contributed by atoms with Gasteiger partial charge in [-0.05, 0) is 36.2 Å². The molecule has 3 rings (SSSR count). The van der Waals surface area contributed by atoms with Crippen LogP contribution in [0.15, 0.2) is 24.3 Å². The van der Waals surface area contributed by atoms with Gasteiger partial charge in [-0.25, -0.2) is 14.6 Å². The zero-order chi connectivity index (χ0) is 18.1. The second-order valence-corrected chi connectivity index (χ2v) is 6.38. The Morgan fingerprint density at radius 3 is 2.68 bits per heavy atom. The molecule has 0 unspecified atom stereocenters. The molecule has 128 valence electrons. The summed E-state index contributed by atoms with van der Waals surface area (Å²) in [5.74, 6) is -1.22. The van der Waals surface area contributed by atoms with Crippen molar-refractivity contribution in [1.82, 2.24) is 9.97 Å². The van der Waals surface area contributed by atoms with Crippen LogP contribution < -0.4 is 5.32 Å². The van der Waals surface area contributed by atoms with Gasteiger partial charge < -0.3 is 15.2 Å². The molecule has 0 spiro atoms. The number of carboxylic acid groups (broad SMARTS) is 1. The van der Waals surface area contributed by atoms with E-state index in [0.29, 0.717) is 32.2 Å². The molecule has 0 aliphatic carbocycles. The number of fused-ring (bicyclic) bond motifs is 1. The highest BCUT2D eigenvalue weighted by Crippen LogP contribution is 2.36. The van der Waals surface area contributed by atoms with Crippen molar-refractivity contribution in [3.63, 3.8) is 0 Å². The topological polar surface area (TPSA) is 101 Å². The van der Waals surface area contributed by atoms with Crippen LogP contribution in [0.3, 0.4) is 0 Å². The molecule has 2 aromatic heterocycles.